The number of rotatable bonds is 0. The molecule has 3 nitrogen and oxygen atoms in total. The first kappa shape index (κ1) is 5.03. The molecule has 0 atom stereocenters. The van der Waals surface area contributed by atoms with Crippen LogP contribution in [0.15, 0.2) is 11.2 Å². The van der Waals surface area contributed by atoms with Crippen LogP contribution >= 0.6 is 0 Å². The van der Waals surface area contributed by atoms with Gasteiger partial charge in [-0.1, -0.05) is 0 Å². The molecule has 1 rings (SSSR count). The van der Waals surface area contributed by atoms with Gasteiger partial charge in [-0.05, 0) is 6.92 Å². The zero-order valence-electron chi connectivity index (χ0n) is 4.38. The van der Waals surface area contributed by atoms with Crippen molar-refractivity contribution in [1.29, 1.82) is 0 Å². The van der Waals surface area contributed by atoms with Crippen LogP contribution in [-0.4, -0.2) is 11.7 Å². The summed E-state index contributed by atoms with van der Waals surface area (Å²) >= 11 is 0. The molecule has 2 amide bonds. The summed E-state index contributed by atoms with van der Waals surface area (Å²) in [5, 5.41) is 3.32. The van der Waals surface area contributed by atoms with Gasteiger partial charge >= 0.3 is 6.03 Å². The molecule has 0 aromatic rings. The highest BCUT2D eigenvalue weighted by atomic mass is 16.2. The Hall–Kier alpha value is -1.12. The minimum atomic E-state index is -0.443. The molecule has 0 N–H and O–H groups in total. The van der Waals surface area contributed by atoms with Gasteiger partial charge in [0.25, 0.3) is 0 Å². The minimum Gasteiger partial charge on any atom is -0.244 e. The van der Waals surface area contributed by atoms with Crippen molar-refractivity contribution in [3.63, 3.8) is 0 Å². The Morgan fingerprint density at radius 2 is 2.50 bits per heavy atom. The summed E-state index contributed by atoms with van der Waals surface area (Å²) in [6.45, 7) is 1.70. The summed E-state index contributed by atoms with van der Waals surface area (Å²) in [5.74, 6) is 0. The van der Waals surface area contributed by atoms with Crippen LogP contribution < -0.4 is 5.32 Å². The lowest BCUT2D eigenvalue weighted by Gasteiger charge is -1.94. The highest BCUT2D eigenvalue weighted by Gasteiger charge is 2.00. The molecule has 1 heterocycles. The van der Waals surface area contributed by atoms with Crippen molar-refractivity contribution in [2.75, 3.05) is 0 Å². The molecule has 0 spiro atoms. The highest BCUT2D eigenvalue weighted by molar-refractivity contribution is 6.00. The van der Waals surface area contributed by atoms with Gasteiger partial charge < -0.3 is 0 Å². The highest BCUT2D eigenvalue weighted by Crippen LogP contribution is 1.88. The molecule has 0 saturated carbocycles. The van der Waals surface area contributed by atoms with Gasteiger partial charge in [-0.3, -0.25) is 0 Å². The lowest BCUT2D eigenvalue weighted by atomic mass is 10.4. The second-order valence-corrected chi connectivity index (χ2v) is 1.38. The van der Waals surface area contributed by atoms with E-state index in [1.807, 2.05) is 0 Å². The fraction of sp³-hybridized carbons (Fsp3) is 0.200. The van der Waals surface area contributed by atoms with E-state index in [1.165, 1.54) is 6.20 Å². The number of amides is 2. The maximum atomic E-state index is 10.2. The fourth-order valence-corrected chi connectivity index (χ4v) is 0.386. The van der Waals surface area contributed by atoms with Crippen LogP contribution in [0, 0.1) is 6.08 Å². The van der Waals surface area contributed by atoms with Crippen LogP contribution in [0.3, 0.4) is 0 Å². The third-order valence-electron chi connectivity index (χ3n) is 0.712. The van der Waals surface area contributed by atoms with Gasteiger partial charge in [0.1, 0.15) is 0 Å². The zero-order valence-corrected chi connectivity index (χ0v) is 4.38. The Morgan fingerprint density at radius 3 is 2.88 bits per heavy atom. The van der Waals surface area contributed by atoms with Gasteiger partial charge in [-0.15, -0.1) is 0 Å². The van der Waals surface area contributed by atoms with Crippen molar-refractivity contribution in [1.82, 2.24) is 5.32 Å². The molecule has 0 saturated heterocycles. The molecule has 1 aliphatic rings. The number of nitrogens with zero attached hydrogens (tertiary/aromatic N) is 2. The molecule has 0 unspecified atom stereocenters. The van der Waals surface area contributed by atoms with Crippen molar-refractivity contribution in [2.24, 2.45) is 4.99 Å². The van der Waals surface area contributed by atoms with Crippen molar-refractivity contribution in [3.05, 3.63) is 12.3 Å². The van der Waals surface area contributed by atoms with Crippen molar-refractivity contribution in [3.8, 4) is 0 Å². The number of hydrogen-bond donors (Lipinski definition) is 0. The van der Waals surface area contributed by atoms with Crippen LogP contribution in [0.4, 0.5) is 4.79 Å². The third kappa shape index (κ3) is 0.932. The maximum Gasteiger partial charge on any atom is 0.367 e. The number of carbonyl (C=O) groups is 1. The van der Waals surface area contributed by atoms with E-state index in [1.54, 1.807) is 6.92 Å². The van der Waals surface area contributed by atoms with E-state index in [0.29, 0.717) is 5.71 Å². The van der Waals surface area contributed by atoms with E-state index < -0.39 is 6.03 Å². The van der Waals surface area contributed by atoms with Crippen LogP contribution in [0.5, 0.6) is 0 Å². The second-order valence-electron chi connectivity index (χ2n) is 1.38. The molecular weight excluding hydrogens is 104 g/mol. The number of allylic oxidation sites excluding steroid dienone is 1. The molecule has 1 aliphatic heterocycles. The monoisotopic (exact) mass is 108 g/mol. The van der Waals surface area contributed by atoms with Gasteiger partial charge in [0.2, 0.25) is 0 Å². The first-order chi connectivity index (χ1) is 3.79. The van der Waals surface area contributed by atoms with Gasteiger partial charge in [0.05, 0.1) is 5.71 Å². The smallest absolute Gasteiger partial charge is 0.244 e. The molecule has 0 aromatic heterocycles. The quantitative estimate of drug-likeness (QED) is 0.445. The summed E-state index contributed by atoms with van der Waals surface area (Å²) < 4.78 is 0. The van der Waals surface area contributed by atoms with Crippen LogP contribution in [0.2, 0.25) is 0 Å². The SMILES string of the molecule is CC1=NC(=O)[N]C=[C]1. The summed E-state index contributed by atoms with van der Waals surface area (Å²) in [5.41, 5.74) is 0.588. The van der Waals surface area contributed by atoms with Gasteiger partial charge in [-0.2, -0.15) is 10.3 Å². The molecule has 0 bridgehead atoms. The first-order valence-corrected chi connectivity index (χ1v) is 2.17. The molecule has 0 fully saturated rings. The molecule has 0 aromatic carbocycles. The van der Waals surface area contributed by atoms with E-state index in [0.717, 1.165) is 0 Å². The molecule has 0 aliphatic carbocycles. The Kier molecular flexibility index (Phi) is 1.12. The van der Waals surface area contributed by atoms with Crippen molar-refractivity contribution < 1.29 is 4.79 Å². The van der Waals surface area contributed by atoms with E-state index >= 15 is 0 Å². The van der Waals surface area contributed by atoms with Crippen molar-refractivity contribution in [2.45, 2.75) is 6.92 Å². The number of urea groups is 1. The summed E-state index contributed by atoms with van der Waals surface area (Å²) in [4.78, 5) is 13.7. The Labute approximate surface area is 47.1 Å². The standard InChI is InChI=1S/C5H4N2O/c1-4-2-3-6-5(8)7-4/h3H,1H3. The molecule has 3 heteroatoms. The van der Waals surface area contributed by atoms with Crippen LogP contribution in [0.25, 0.3) is 0 Å². The van der Waals surface area contributed by atoms with Gasteiger partial charge in [0, 0.05) is 12.3 Å². The summed E-state index contributed by atoms with van der Waals surface area (Å²) in [7, 11) is 0. The second kappa shape index (κ2) is 1.78. The Bertz CT molecular complexity index is 169. The van der Waals surface area contributed by atoms with E-state index in [2.05, 4.69) is 16.4 Å². The van der Waals surface area contributed by atoms with E-state index in [-0.39, 0.29) is 0 Å². The zero-order chi connectivity index (χ0) is 5.98. The number of carbonyl (C=O) groups excluding carboxylic acids is 1. The topological polar surface area (TPSA) is 43.5 Å². The normalized spacial score (nSPS) is 17.6. The Morgan fingerprint density at radius 1 is 1.75 bits per heavy atom. The molecule has 40 valence electrons. The minimum absolute atomic E-state index is 0.443. The third-order valence-corrected chi connectivity index (χ3v) is 0.712. The molecule has 8 heavy (non-hydrogen) atoms. The fourth-order valence-electron chi connectivity index (χ4n) is 0.386. The summed E-state index contributed by atoms with van der Waals surface area (Å²) in [6.07, 6.45) is 3.97. The average molecular weight is 108 g/mol. The number of hydrogen-bond acceptors (Lipinski definition) is 1. The summed E-state index contributed by atoms with van der Waals surface area (Å²) in [6, 6.07) is -0.443. The largest absolute Gasteiger partial charge is 0.367 e. The molecule has 2 radical (unpaired) electrons. The van der Waals surface area contributed by atoms with Gasteiger partial charge in [-0.25, -0.2) is 4.79 Å². The lowest BCUT2D eigenvalue weighted by molar-refractivity contribution is 0.251. The Balaban J connectivity index is 2.77. The van der Waals surface area contributed by atoms with Crippen molar-refractivity contribution >= 4 is 11.7 Å². The average Bonchev–Trinajstić information content (AvgIpc) is 1.64. The van der Waals surface area contributed by atoms with E-state index in [4.69, 9.17) is 0 Å². The lowest BCUT2D eigenvalue weighted by Crippen LogP contribution is -2.11. The van der Waals surface area contributed by atoms with Crippen LogP contribution in [0.1, 0.15) is 6.92 Å². The molecular formula is C5H4N2O. The predicted octanol–water partition coefficient (Wildman–Crippen LogP) is 0.502. The first-order valence-electron chi connectivity index (χ1n) is 2.17. The van der Waals surface area contributed by atoms with Crippen LogP contribution in [-0.2, 0) is 0 Å². The predicted molar refractivity (Wildman–Crippen MR) is 28.5 cm³/mol. The van der Waals surface area contributed by atoms with E-state index in [9.17, 15) is 4.79 Å². The van der Waals surface area contributed by atoms with Gasteiger partial charge in [0.15, 0.2) is 0 Å². The maximum absolute atomic E-state index is 10.2. The number of aliphatic imine (C=N–C) groups is 1.